The lowest BCUT2D eigenvalue weighted by molar-refractivity contribution is 0.0948. The van der Waals surface area contributed by atoms with Gasteiger partial charge in [-0.2, -0.15) is 0 Å². The van der Waals surface area contributed by atoms with Crippen LogP contribution < -0.4 is 11.1 Å². The third kappa shape index (κ3) is 4.50. The van der Waals surface area contributed by atoms with Gasteiger partial charge in [0.25, 0.3) is 5.91 Å². The number of nitrogens with two attached hydrogens (primary N) is 1. The molecular formula is C12H19ClN4O. The van der Waals surface area contributed by atoms with Gasteiger partial charge >= 0.3 is 0 Å². The SMILES string of the molecule is CC(C)N(C)CCNC(=O)c1cc(N)nc(Cl)c1. The van der Waals surface area contributed by atoms with Crippen LogP contribution in [0.3, 0.4) is 0 Å². The smallest absolute Gasteiger partial charge is 0.251 e. The lowest BCUT2D eigenvalue weighted by Gasteiger charge is -2.20. The fraction of sp³-hybridized carbons (Fsp3) is 0.500. The number of hydrogen-bond acceptors (Lipinski definition) is 4. The number of carbonyl (C=O) groups excluding carboxylic acids is 1. The van der Waals surface area contributed by atoms with E-state index in [2.05, 4.69) is 29.0 Å². The summed E-state index contributed by atoms with van der Waals surface area (Å²) in [4.78, 5) is 17.8. The largest absolute Gasteiger partial charge is 0.384 e. The Kier molecular flexibility index (Phi) is 5.37. The van der Waals surface area contributed by atoms with E-state index in [0.717, 1.165) is 6.54 Å². The average molecular weight is 271 g/mol. The number of nitrogens with one attached hydrogen (secondary N) is 1. The summed E-state index contributed by atoms with van der Waals surface area (Å²) in [6.07, 6.45) is 0. The molecule has 0 unspecified atom stereocenters. The monoisotopic (exact) mass is 270 g/mol. The lowest BCUT2D eigenvalue weighted by Crippen LogP contribution is -2.36. The molecule has 5 nitrogen and oxygen atoms in total. The molecule has 1 rings (SSSR count). The van der Waals surface area contributed by atoms with E-state index in [9.17, 15) is 4.79 Å². The van der Waals surface area contributed by atoms with E-state index in [0.29, 0.717) is 18.2 Å². The first kappa shape index (κ1) is 14.7. The minimum Gasteiger partial charge on any atom is -0.384 e. The Bertz CT molecular complexity index is 402. The molecule has 0 saturated heterocycles. The number of anilines is 1. The normalized spacial score (nSPS) is 11.0. The molecule has 100 valence electrons. The molecule has 0 saturated carbocycles. The Morgan fingerprint density at radius 2 is 2.22 bits per heavy atom. The standard InChI is InChI=1S/C12H19ClN4O/c1-8(2)17(3)5-4-15-12(18)9-6-10(13)16-11(14)7-9/h6-8H,4-5H2,1-3H3,(H2,14,16)(H,15,18). The predicted molar refractivity (Wildman–Crippen MR) is 73.8 cm³/mol. The Morgan fingerprint density at radius 3 is 2.78 bits per heavy atom. The zero-order chi connectivity index (χ0) is 13.7. The first-order valence-corrected chi connectivity index (χ1v) is 6.19. The Morgan fingerprint density at radius 1 is 1.56 bits per heavy atom. The van der Waals surface area contributed by atoms with E-state index in [1.807, 2.05) is 7.05 Å². The fourth-order valence-electron chi connectivity index (χ4n) is 1.35. The molecule has 18 heavy (non-hydrogen) atoms. The van der Waals surface area contributed by atoms with Crippen molar-refractivity contribution in [2.75, 3.05) is 25.9 Å². The van der Waals surface area contributed by atoms with Crippen LogP contribution in [0.5, 0.6) is 0 Å². The number of pyridine rings is 1. The molecule has 1 amide bonds. The first-order chi connectivity index (χ1) is 8.40. The second-order valence-corrected chi connectivity index (χ2v) is 4.82. The van der Waals surface area contributed by atoms with Crippen LogP contribution in [0.25, 0.3) is 0 Å². The molecule has 0 fully saturated rings. The van der Waals surface area contributed by atoms with Crippen LogP contribution in [0.1, 0.15) is 24.2 Å². The van der Waals surface area contributed by atoms with Crippen molar-refractivity contribution in [3.8, 4) is 0 Å². The van der Waals surface area contributed by atoms with Crippen molar-refractivity contribution in [2.24, 2.45) is 0 Å². The van der Waals surface area contributed by atoms with E-state index in [1.165, 1.54) is 12.1 Å². The Balaban J connectivity index is 2.50. The molecule has 6 heteroatoms. The van der Waals surface area contributed by atoms with Gasteiger partial charge in [-0.05, 0) is 33.0 Å². The second-order valence-electron chi connectivity index (χ2n) is 4.43. The quantitative estimate of drug-likeness (QED) is 0.793. The van der Waals surface area contributed by atoms with E-state index < -0.39 is 0 Å². The molecule has 1 heterocycles. The van der Waals surface area contributed by atoms with Crippen LogP contribution in [0.4, 0.5) is 5.82 Å². The number of amides is 1. The van der Waals surface area contributed by atoms with Crippen LogP contribution >= 0.6 is 11.6 Å². The summed E-state index contributed by atoms with van der Waals surface area (Å²) in [5.74, 6) is 0.0510. The number of halogens is 1. The third-order valence-corrected chi connectivity index (χ3v) is 2.90. The van der Waals surface area contributed by atoms with Crippen LogP contribution in [-0.2, 0) is 0 Å². The van der Waals surface area contributed by atoms with E-state index in [-0.39, 0.29) is 16.9 Å². The van der Waals surface area contributed by atoms with Crippen molar-refractivity contribution in [1.29, 1.82) is 0 Å². The lowest BCUT2D eigenvalue weighted by atomic mass is 10.2. The first-order valence-electron chi connectivity index (χ1n) is 5.81. The van der Waals surface area contributed by atoms with E-state index in [4.69, 9.17) is 17.3 Å². The second kappa shape index (κ2) is 6.56. The molecule has 0 aliphatic carbocycles. The number of aromatic nitrogens is 1. The molecule has 0 spiro atoms. The van der Waals surface area contributed by atoms with Crippen molar-refractivity contribution in [3.63, 3.8) is 0 Å². The van der Waals surface area contributed by atoms with Gasteiger partial charge in [0.15, 0.2) is 0 Å². The molecule has 0 radical (unpaired) electrons. The molecule has 0 bridgehead atoms. The summed E-state index contributed by atoms with van der Waals surface area (Å²) in [6, 6.07) is 3.46. The van der Waals surface area contributed by atoms with Gasteiger partial charge in [0.2, 0.25) is 0 Å². The van der Waals surface area contributed by atoms with Crippen molar-refractivity contribution in [2.45, 2.75) is 19.9 Å². The van der Waals surface area contributed by atoms with Crippen LogP contribution in [-0.4, -0.2) is 42.0 Å². The number of nitrogen functional groups attached to an aromatic ring is 1. The minimum atomic E-state index is -0.192. The van der Waals surface area contributed by atoms with Gasteiger partial charge in [-0.1, -0.05) is 11.6 Å². The number of likely N-dealkylation sites (N-methyl/N-ethyl adjacent to an activating group) is 1. The molecule has 1 aromatic heterocycles. The van der Waals surface area contributed by atoms with Gasteiger partial charge in [0, 0.05) is 24.7 Å². The molecule has 0 aliphatic heterocycles. The zero-order valence-corrected chi connectivity index (χ0v) is 11.7. The van der Waals surface area contributed by atoms with E-state index in [1.54, 1.807) is 0 Å². The molecule has 0 aromatic carbocycles. The highest BCUT2D eigenvalue weighted by molar-refractivity contribution is 6.29. The van der Waals surface area contributed by atoms with Crippen molar-refractivity contribution < 1.29 is 4.79 Å². The number of nitrogens with zero attached hydrogens (tertiary/aromatic N) is 2. The number of carbonyl (C=O) groups is 1. The number of rotatable bonds is 5. The highest BCUT2D eigenvalue weighted by Gasteiger charge is 2.09. The number of hydrogen-bond donors (Lipinski definition) is 2. The summed E-state index contributed by atoms with van der Waals surface area (Å²) in [7, 11) is 2.01. The maximum Gasteiger partial charge on any atom is 0.251 e. The summed E-state index contributed by atoms with van der Waals surface area (Å²) in [5, 5.41) is 3.04. The van der Waals surface area contributed by atoms with Crippen LogP contribution in [0.2, 0.25) is 5.15 Å². The Hall–Kier alpha value is -1.33. The molecule has 0 atom stereocenters. The fourth-order valence-corrected chi connectivity index (χ4v) is 1.57. The Labute approximate surface area is 112 Å². The third-order valence-electron chi connectivity index (χ3n) is 2.71. The summed E-state index contributed by atoms with van der Waals surface area (Å²) in [6.45, 7) is 5.57. The summed E-state index contributed by atoms with van der Waals surface area (Å²) < 4.78 is 0. The molecule has 0 aliphatic rings. The van der Waals surface area contributed by atoms with Gasteiger partial charge in [0.05, 0.1) is 0 Å². The van der Waals surface area contributed by atoms with Crippen molar-refractivity contribution in [3.05, 3.63) is 22.8 Å². The maximum absolute atomic E-state index is 11.8. The van der Waals surface area contributed by atoms with Gasteiger partial charge < -0.3 is 16.0 Å². The van der Waals surface area contributed by atoms with E-state index >= 15 is 0 Å². The van der Waals surface area contributed by atoms with Crippen molar-refractivity contribution in [1.82, 2.24) is 15.2 Å². The summed E-state index contributed by atoms with van der Waals surface area (Å²) >= 11 is 5.74. The molecular weight excluding hydrogens is 252 g/mol. The molecule has 3 N–H and O–H groups in total. The predicted octanol–water partition coefficient (Wildman–Crippen LogP) is 1.39. The highest BCUT2D eigenvalue weighted by Crippen LogP contribution is 2.11. The van der Waals surface area contributed by atoms with Gasteiger partial charge in [-0.3, -0.25) is 4.79 Å². The van der Waals surface area contributed by atoms with Gasteiger partial charge in [-0.25, -0.2) is 4.98 Å². The minimum absolute atomic E-state index is 0.192. The van der Waals surface area contributed by atoms with Crippen LogP contribution in [0, 0.1) is 0 Å². The van der Waals surface area contributed by atoms with Gasteiger partial charge in [0.1, 0.15) is 11.0 Å². The zero-order valence-electron chi connectivity index (χ0n) is 10.9. The van der Waals surface area contributed by atoms with Gasteiger partial charge in [-0.15, -0.1) is 0 Å². The average Bonchev–Trinajstić information content (AvgIpc) is 2.27. The highest BCUT2D eigenvalue weighted by atomic mass is 35.5. The topological polar surface area (TPSA) is 71.2 Å². The van der Waals surface area contributed by atoms with Crippen molar-refractivity contribution >= 4 is 23.3 Å². The maximum atomic E-state index is 11.8. The van der Waals surface area contributed by atoms with Crippen LogP contribution in [0.15, 0.2) is 12.1 Å². The molecule has 1 aromatic rings. The summed E-state index contributed by atoms with van der Waals surface area (Å²) in [5.41, 5.74) is 5.96.